The van der Waals surface area contributed by atoms with Gasteiger partial charge < -0.3 is 5.32 Å². The molecule has 2 aromatic rings. The van der Waals surface area contributed by atoms with Crippen LogP contribution in [0.5, 0.6) is 0 Å². The van der Waals surface area contributed by atoms with Crippen molar-refractivity contribution in [1.82, 2.24) is 4.90 Å². The van der Waals surface area contributed by atoms with Crippen molar-refractivity contribution in [2.75, 3.05) is 25.0 Å². The number of aliphatic imine (C=N–C) groups is 1. The number of hydrogen-bond donors (Lipinski definition) is 1. The van der Waals surface area contributed by atoms with Crippen molar-refractivity contribution in [2.45, 2.75) is 6.42 Å². The smallest absolute Gasteiger partial charge is 0.238 e. The summed E-state index contributed by atoms with van der Waals surface area (Å²) in [5.74, 6) is -0.330. The third-order valence-corrected chi connectivity index (χ3v) is 4.99. The Morgan fingerprint density at radius 3 is 2.85 bits per heavy atom. The summed E-state index contributed by atoms with van der Waals surface area (Å²) in [6.07, 6.45) is 0.692. The number of halogens is 1. The SMILES string of the molecule is O=C(CN1CCC2=Nc3ccc(Cl)cc3C(=O)C2C1)Nc1ccccc1. The fraction of sp³-hybridized carbons (Fsp3) is 0.250. The zero-order valence-corrected chi connectivity index (χ0v) is 14.9. The molecule has 0 spiro atoms. The lowest BCUT2D eigenvalue weighted by atomic mass is 9.85. The monoisotopic (exact) mass is 367 g/mol. The maximum atomic E-state index is 12.9. The number of Topliss-reactive ketones (excluding diaryl/α,β-unsaturated/α-hetero) is 1. The summed E-state index contributed by atoms with van der Waals surface area (Å²) in [5.41, 5.74) is 2.95. The maximum Gasteiger partial charge on any atom is 0.238 e. The van der Waals surface area contributed by atoms with Crippen LogP contribution in [0.25, 0.3) is 0 Å². The molecule has 2 aliphatic rings. The molecule has 6 heteroatoms. The van der Waals surface area contributed by atoms with Gasteiger partial charge in [-0.2, -0.15) is 0 Å². The van der Waals surface area contributed by atoms with Crippen molar-refractivity contribution in [1.29, 1.82) is 0 Å². The van der Waals surface area contributed by atoms with Crippen molar-refractivity contribution in [2.24, 2.45) is 10.9 Å². The topological polar surface area (TPSA) is 61.8 Å². The molecular weight excluding hydrogens is 350 g/mol. The van der Waals surface area contributed by atoms with Crippen LogP contribution < -0.4 is 5.32 Å². The van der Waals surface area contributed by atoms with Gasteiger partial charge in [-0.05, 0) is 36.8 Å². The van der Waals surface area contributed by atoms with E-state index in [2.05, 4.69) is 10.3 Å². The van der Waals surface area contributed by atoms with Crippen LogP contribution in [0.2, 0.25) is 5.02 Å². The third kappa shape index (κ3) is 3.41. The van der Waals surface area contributed by atoms with Gasteiger partial charge in [0.25, 0.3) is 0 Å². The number of fused-ring (bicyclic) bond motifs is 2. The van der Waals surface area contributed by atoms with Crippen LogP contribution in [0.3, 0.4) is 0 Å². The van der Waals surface area contributed by atoms with Gasteiger partial charge in [0.1, 0.15) is 0 Å². The normalized spacial score (nSPS) is 19.3. The van der Waals surface area contributed by atoms with Gasteiger partial charge in [0.05, 0.1) is 18.2 Å². The summed E-state index contributed by atoms with van der Waals surface area (Å²) in [6.45, 7) is 1.48. The second kappa shape index (κ2) is 7.02. The van der Waals surface area contributed by atoms with Gasteiger partial charge in [0.2, 0.25) is 5.91 Å². The second-order valence-corrected chi connectivity index (χ2v) is 7.02. The Labute approximate surface area is 156 Å². The van der Waals surface area contributed by atoms with Crippen LogP contribution in [0.15, 0.2) is 53.5 Å². The van der Waals surface area contributed by atoms with E-state index in [0.29, 0.717) is 35.8 Å². The van der Waals surface area contributed by atoms with Gasteiger partial charge in [-0.15, -0.1) is 0 Å². The quantitative estimate of drug-likeness (QED) is 0.902. The summed E-state index contributed by atoms with van der Waals surface area (Å²) in [5, 5.41) is 3.42. The minimum absolute atomic E-state index is 0.0423. The lowest BCUT2D eigenvalue weighted by Crippen LogP contribution is -2.47. The molecule has 2 aliphatic heterocycles. The van der Waals surface area contributed by atoms with Crippen LogP contribution in [0, 0.1) is 5.92 Å². The number of carbonyl (C=O) groups is 2. The molecule has 2 heterocycles. The molecule has 26 heavy (non-hydrogen) atoms. The van der Waals surface area contributed by atoms with Crippen LogP contribution in [-0.4, -0.2) is 41.9 Å². The molecule has 4 rings (SSSR count). The van der Waals surface area contributed by atoms with Crippen molar-refractivity contribution in [3.8, 4) is 0 Å². The Kier molecular flexibility index (Phi) is 4.57. The lowest BCUT2D eigenvalue weighted by molar-refractivity contribution is -0.117. The Morgan fingerprint density at radius 1 is 1.23 bits per heavy atom. The molecule has 1 amide bonds. The number of rotatable bonds is 3. The minimum atomic E-state index is -0.292. The number of nitrogens with zero attached hydrogens (tertiary/aromatic N) is 2. The van der Waals surface area contributed by atoms with Crippen LogP contribution in [0.1, 0.15) is 16.8 Å². The van der Waals surface area contributed by atoms with Crippen LogP contribution in [0.4, 0.5) is 11.4 Å². The van der Waals surface area contributed by atoms with E-state index >= 15 is 0 Å². The average Bonchev–Trinajstić information content (AvgIpc) is 2.64. The Bertz CT molecular complexity index is 895. The first kappa shape index (κ1) is 16.9. The van der Waals surface area contributed by atoms with Crippen LogP contribution >= 0.6 is 11.6 Å². The first-order chi connectivity index (χ1) is 12.6. The van der Waals surface area contributed by atoms with Crippen molar-refractivity contribution in [3.63, 3.8) is 0 Å². The molecule has 1 saturated heterocycles. The van der Waals surface area contributed by atoms with E-state index in [1.807, 2.05) is 35.2 Å². The van der Waals surface area contributed by atoms with Crippen molar-refractivity contribution >= 4 is 40.4 Å². The molecule has 5 nitrogen and oxygen atoms in total. The highest BCUT2D eigenvalue weighted by atomic mass is 35.5. The highest BCUT2D eigenvalue weighted by Gasteiger charge is 2.36. The molecule has 1 N–H and O–H groups in total. The van der Waals surface area contributed by atoms with Gasteiger partial charge in [-0.3, -0.25) is 19.5 Å². The van der Waals surface area contributed by atoms with Gasteiger partial charge >= 0.3 is 0 Å². The van der Waals surface area contributed by atoms with Gasteiger partial charge in [-0.25, -0.2) is 0 Å². The van der Waals surface area contributed by atoms with Crippen molar-refractivity contribution < 1.29 is 9.59 Å². The summed E-state index contributed by atoms with van der Waals surface area (Å²) in [6, 6.07) is 14.6. The molecule has 132 valence electrons. The molecule has 1 fully saturated rings. The summed E-state index contributed by atoms with van der Waals surface area (Å²) >= 11 is 6.03. The maximum absolute atomic E-state index is 12.9. The Morgan fingerprint density at radius 2 is 2.04 bits per heavy atom. The number of amides is 1. The number of carbonyl (C=O) groups excluding carboxylic acids is 2. The first-order valence-electron chi connectivity index (χ1n) is 8.58. The third-order valence-electron chi connectivity index (χ3n) is 4.76. The summed E-state index contributed by atoms with van der Waals surface area (Å²) in [4.78, 5) is 31.8. The van der Waals surface area contributed by atoms with E-state index in [0.717, 1.165) is 11.4 Å². The number of anilines is 1. The zero-order chi connectivity index (χ0) is 18.1. The second-order valence-electron chi connectivity index (χ2n) is 6.58. The molecule has 1 atom stereocenters. The highest BCUT2D eigenvalue weighted by Crippen LogP contribution is 2.33. The minimum Gasteiger partial charge on any atom is -0.325 e. The van der Waals surface area contributed by atoms with Gasteiger partial charge in [0, 0.05) is 35.1 Å². The molecule has 0 bridgehead atoms. The molecule has 0 aliphatic carbocycles. The fourth-order valence-electron chi connectivity index (χ4n) is 3.48. The Hall–Kier alpha value is -2.50. The number of para-hydroxylation sites is 1. The number of piperidine rings is 1. The average molecular weight is 368 g/mol. The number of benzene rings is 2. The number of likely N-dealkylation sites (tertiary alicyclic amines) is 1. The zero-order valence-electron chi connectivity index (χ0n) is 14.1. The molecular formula is C20H18ClN3O2. The van der Waals surface area contributed by atoms with E-state index in [1.54, 1.807) is 18.2 Å². The summed E-state index contributed by atoms with van der Waals surface area (Å²) in [7, 11) is 0. The number of hydrogen-bond acceptors (Lipinski definition) is 4. The standard InChI is InChI=1S/C20H18ClN3O2/c21-13-6-7-17-15(10-13)20(26)16-11-24(9-8-18(16)23-17)12-19(25)22-14-4-2-1-3-5-14/h1-7,10,16H,8-9,11-12H2,(H,22,25). The fourth-order valence-corrected chi connectivity index (χ4v) is 3.66. The molecule has 0 radical (unpaired) electrons. The predicted octanol–water partition coefficient (Wildman–Crippen LogP) is 3.57. The predicted molar refractivity (Wildman–Crippen MR) is 102 cm³/mol. The van der Waals surface area contributed by atoms with E-state index < -0.39 is 0 Å². The van der Waals surface area contributed by atoms with E-state index in [1.165, 1.54) is 0 Å². The molecule has 0 saturated carbocycles. The van der Waals surface area contributed by atoms with Gasteiger partial charge in [-0.1, -0.05) is 29.8 Å². The highest BCUT2D eigenvalue weighted by molar-refractivity contribution is 6.31. The van der Waals surface area contributed by atoms with Crippen molar-refractivity contribution in [3.05, 3.63) is 59.1 Å². The number of ketones is 1. The van der Waals surface area contributed by atoms with E-state index in [4.69, 9.17) is 11.6 Å². The molecule has 2 aromatic carbocycles. The lowest BCUT2D eigenvalue weighted by Gasteiger charge is -2.34. The van der Waals surface area contributed by atoms with E-state index in [-0.39, 0.29) is 24.2 Å². The van der Waals surface area contributed by atoms with E-state index in [9.17, 15) is 9.59 Å². The first-order valence-corrected chi connectivity index (χ1v) is 8.96. The van der Waals surface area contributed by atoms with Gasteiger partial charge in [0.15, 0.2) is 5.78 Å². The number of nitrogens with one attached hydrogen (secondary N) is 1. The summed E-state index contributed by atoms with van der Waals surface area (Å²) < 4.78 is 0. The Balaban J connectivity index is 1.45. The molecule has 1 unspecified atom stereocenters. The molecule has 0 aromatic heterocycles. The largest absolute Gasteiger partial charge is 0.325 e. The van der Waals surface area contributed by atoms with Crippen LogP contribution in [-0.2, 0) is 4.79 Å².